The van der Waals surface area contributed by atoms with Crippen molar-refractivity contribution in [3.63, 3.8) is 0 Å². The predicted octanol–water partition coefficient (Wildman–Crippen LogP) is 4.98. The molecule has 0 saturated carbocycles. The van der Waals surface area contributed by atoms with Gasteiger partial charge in [-0.1, -0.05) is 70.2 Å². The van der Waals surface area contributed by atoms with Gasteiger partial charge in [-0.05, 0) is 58.1 Å². The normalized spacial score (nSPS) is 13.6. The summed E-state index contributed by atoms with van der Waals surface area (Å²) in [6, 6.07) is 3.79. The van der Waals surface area contributed by atoms with Crippen LogP contribution in [0.5, 0.6) is 0 Å². The molecule has 9 nitrogen and oxygen atoms in total. The van der Waals surface area contributed by atoms with Gasteiger partial charge in [0.25, 0.3) is 0 Å². The molecule has 3 atom stereocenters. The van der Waals surface area contributed by atoms with Crippen LogP contribution in [0.1, 0.15) is 96.4 Å². The fraction of sp³-hybridized carbons (Fsp3) is 0.667. The molecule has 2 N–H and O–H groups in total. The van der Waals surface area contributed by atoms with E-state index in [9.17, 15) is 19.2 Å². The van der Waals surface area contributed by atoms with Crippen LogP contribution in [0.25, 0.3) is 0 Å². The van der Waals surface area contributed by atoms with Crippen LogP contribution in [-0.4, -0.2) is 60.6 Å². The second-order valence-electron chi connectivity index (χ2n) is 11.2. The second kappa shape index (κ2) is 16.1. The van der Waals surface area contributed by atoms with Crippen molar-refractivity contribution >= 4 is 23.9 Å². The van der Waals surface area contributed by atoms with E-state index >= 15 is 0 Å². The van der Waals surface area contributed by atoms with Crippen LogP contribution in [-0.2, 0) is 23.9 Å². The Balaban J connectivity index is 3.58. The molecule has 9 heteroatoms. The number of carbonyl (C=O) groups is 4. The van der Waals surface area contributed by atoms with Crippen molar-refractivity contribution in [2.45, 2.75) is 105 Å². The van der Waals surface area contributed by atoms with Gasteiger partial charge in [-0.15, -0.1) is 0 Å². The molecule has 3 amide bonds. The van der Waals surface area contributed by atoms with Crippen LogP contribution < -0.4 is 10.6 Å². The number of aryl methyl sites for hydroxylation is 2. The van der Waals surface area contributed by atoms with Crippen molar-refractivity contribution in [3.8, 4) is 0 Å². The van der Waals surface area contributed by atoms with E-state index in [1.165, 1.54) is 7.11 Å². The molecule has 1 aromatic carbocycles. The van der Waals surface area contributed by atoms with Crippen LogP contribution in [0, 0.1) is 19.8 Å². The van der Waals surface area contributed by atoms with Crippen molar-refractivity contribution in [2.24, 2.45) is 5.92 Å². The second-order valence-corrected chi connectivity index (χ2v) is 11.2. The highest BCUT2D eigenvalue weighted by atomic mass is 16.6. The third-order valence-electron chi connectivity index (χ3n) is 6.60. The summed E-state index contributed by atoms with van der Waals surface area (Å²) >= 11 is 0. The highest BCUT2D eigenvalue weighted by molar-refractivity contribution is 5.93. The van der Waals surface area contributed by atoms with E-state index in [1.54, 1.807) is 25.7 Å². The number of nitrogens with zero attached hydrogens (tertiary/aromatic N) is 1. The average molecular weight is 548 g/mol. The molecular formula is C30H49N3O6. The van der Waals surface area contributed by atoms with Crippen molar-refractivity contribution in [1.29, 1.82) is 0 Å². The van der Waals surface area contributed by atoms with Crippen molar-refractivity contribution in [1.82, 2.24) is 15.5 Å². The van der Waals surface area contributed by atoms with Gasteiger partial charge >= 0.3 is 12.1 Å². The molecule has 0 aromatic heterocycles. The highest BCUT2D eigenvalue weighted by Crippen LogP contribution is 2.28. The van der Waals surface area contributed by atoms with Crippen molar-refractivity contribution < 1.29 is 28.7 Å². The molecule has 0 radical (unpaired) electrons. The third kappa shape index (κ3) is 11.3. The Labute approximate surface area is 234 Å². The molecule has 0 bridgehead atoms. The van der Waals surface area contributed by atoms with Crippen LogP contribution in [0.2, 0.25) is 0 Å². The smallest absolute Gasteiger partial charge is 0.408 e. The number of methoxy groups -OCH3 is 1. The van der Waals surface area contributed by atoms with Crippen molar-refractivity contribution in [3.05, 3.63) is 34.9 Å². The summed E-state index contributed by atoms with van der Waals surface area (Å²) in [6.45, 7) is 15.1. The minimum atomic E-state index is -1.00. The first-order valence-corrected chi connectivity index (χ1v) is 14.0. The largest absolute Gasteiger partial charge is 0.468 e. The molecular weight excluding hydrogens is 498 g/mol. The Morgan fingerprint density at radius 3 is 2.23 bits per heavy atom. The quantitative estimate of drug-likeness (QED) is 0.251. The monoisotopic (exact) mass is 547 g/mol. The zero-order chi connectivity index (χ0) is 29.8. The number of alkyl carbamates (subject to hydrolysis) is 1. The maximum absolute atomic E-state index is 14.3. The maximum Gasteiger partial charge on any atom is 0.408 e. The van der Waals surface area contributed by atoms with Gasteiger partial charge < -0.3 is 25.0 Å². The standard InChI is InChI=1S/C30H49N3O6/c1-10-12-13-14-17-33(28(36)25(21(4)11-2)32-29(37)39-30(6,7)8)26(27(35)31-19-24(34)38-9)23-16-15-20(3)18-22(23)5/h15-16,18,21,25-26H,10-14,17,19H2,1-9H3,(H,31,35)(H,32,37). The lowest BCUT2D eigenvalue weighted by Gasteiger charge is -2.36. The summed E-state index contributed by atoms with van der Waals surface area (Å²) in [5.41, 5.74) is 1.80. The van der Waals surface area contributed by atoms with Gasteiger partial charge in [0.15, 0.2) is 0 Å². The summed E-state index contributed by atoms with van der Waals surface area (Å²) < 4.78 is 10.2. The number of hydrogen-bond donors (Lipinski definition) is 2. The van der Waals surface area contributed by atoms with Crippen LogP contribution in [0.4, 0.5) is 4.79 Å². The van der Waals surface area contributed by atoms with E-state index in [-0.39, 0.29) is 18.4 Å². The molecule has 0 spiro atoms. The molecule has 3 unspecified atom stereocenters. The number of rotatable bonds is 14. The summed E-state index contributed by atoms with van der Waals surface area (Å²) in [5, 5.41) is 5.42. The van der Waals surface area contributed by atoms with Crippen molar-refractivity contribution in [2.75, 3.05) is 20.2 Å². The lowest BCUT2D eigenvalue weighted by molar-refractivity contribution is -0.145. The fourth-order valence-electron chi connectivity index (χ4n) is 4.28. The lowest BCUT2D eigenvalue weighted by atomic mass is 9.93. The maximum atomic E-state index is 14.3. The Bertz CT molecular complexity index is 972. The lowest BCUT2D eigenvalue weighted by Crippen LogP contribution is -2.55. The predicted molar refractivity (Wildman–Crippen MR) is 152 cm³/mol. The van der Waals surface area contributed by atoms with Gasteiger partial charge in [-0.3, -0.25) is 14.4 Å². The molecule has 1 aromatic rings. The van der Waals surface area contributed by atoms with E-state index in [2.05, 4.69) is 17.6 Å². The molecule has 0 aliphatic rings. The molecule has 0 aliphatic carbocycles. The molecule has 1 rings (SSSR count). The number of ether oxygens (including phenoxy) is 2. The number of carbonyl (C=O) groups excluding carboxylic acids is 4. The number of amides is 3. The Kier molecular flexibility index (Phi) is 14.0. The van der Waals surface area contributed by atoms with E-state index < -0.39 is 35.7 Å². The van der Waals surface area contributed by atoms with Crippen LogP contribution in [0.3, 0.4) is 0 Å². The zero-order valence-electron chi connectivity index (χ0n) is 25.3. The number of esters is 1. The first-order valence-electron chi connectivity index (χ1n) is 14.0. The molecule has 39 heavy (non-hydrogen) atoms. The van der Waals surface area contributed by atoms with Gasteiger partial charge in [0.05, 0.1) is 7.11 Å². The summed E-state index contributed by atoms with van der Waals surface area (Å²) in [7, 11) is 1.25. The van der Waals surface area contributed by atoms with E-state index in [0.29, 0.717) is 24.9 Å². The van der Waals surface area contributed by atoms with Gasteiger partial charge in [-0.2, -0.15) is 0 Å². The Morgan fingerprint density at radius 2 is 1.69 bits per heavy atom. The molecule has 220 valence electrons. The third-order valence-corrected chi connectivity index (χ3v) is 6.60. The van der Waals surface area contributed by atoms with E-state index in [1.807, 2.05) is 45.9 Å². The number of benzene rings is 1. The van der Waals surface area contributed by atoms with Gasteiger partial charge in [0, 0.05) is 6.54 Å². The van der Waals surface area contributed by atoms with Crippen LogP contribution in [0.15, 0.2) is 18.2 Å². The summed E-state index contributed by atoms with van der Waals surface area (Å²) in [5.74, 6) is -1.67. The van der Waals surface area contributed by atoms with Gasteiger partial charge in [-0.25, -0.2) is 4.79 Å². The minimum Gasteiger partial charge on any atom is -0.468 e. The number of unbranched alkanes of at least 4 members (excludes halogenated alkanes) is 3. The molecule has 0 saturated heterocycles. The summed E-state index contributed by atoms with van der Waals surface area (Å²) in [6.07, 6.45) is 3.52. The highest BCUT2D eigenvalue weighted by Gasteiger charge is 2.38. The molecule has 0 heterocycles. The summed E-state index contributed by atoms with van der Waals surface area (Å²) in [4.78, 5) is 54.1. The van der Waals surface area contributed by atoms with Crippen LogP contribution >= 0.6 is 0 Å². The van der Waals surface area contributed by atoms with Gasteiger partial charge in [0.1, 0.15) is 24.2 Å². The topological polar surface area (TPSA) is 114 Å². The molecule has 0 fully saturated rings. The Morgan fingerprint density at radius 1 is 1.03 bits per heavy atom. The van der Waals surface area contributed by atoms with Gasteiger partial charge in [0.2, 0.25) is 11.8 Å². The number of hydrogen-bond acceptors (Lipinski definition) is 6. The van der Waals surface area contributed by atoms with E-state index in [0.717, 1.165) is 30.4 Å². The zero-order valence-corrected chi connectivity index (χ0v) is 25.3. The minimum absolute atomic E-state index is 0.221. The molecule has 0 aliphatic heterocycles. The SMILES string of the molecule is CCCCCCN(C(=O)C(NC(=O)OC(C)(C)C)C(C)CC)C(C(=O)NCC(=O)OC)c1ccc(C)cc1C. The fourth-order valence-corrected chi connectivity index (χ4v) is 4.28. The average Bonchev–Trinajstić information content (AvgIpc) is 2.86. The number of nitrogens with one attached hydrogen (secondary N) is 2. The Hall–Kier alpha value is -3.10. The first kappa shape index (κ1) is 33.9. The first-order chi connectivity index (χ1) is 18.2. The van der Waals surface area contributed by atoms with E-state index in [4.69, 9.17) is 9.47 Å².